The van der Waals surface area contributed by atoms with E-state index in [0.29, 0.717) is 36.2 Å². The molecule has 172 valence electrons. The summed E-state index contributed by atoms with van der Waals surface area (Å²) < 4.78 is 52.0. The minimum Gasteiger partial charge on any atom is -0.488 e. The number of aromatic nitrogens is 2. The number of ether oxygens (including phenoxy) is 2. The number of halogens is 3. The number of hydrogen-bond donors (Lipinski definition) is 0. The monoisotopic (exact) mass is 458 g/mol. The first-order valence-electron chi connectivity index (χ1n) is 10.2. The Morgan fingerprint density at radius 3 is 2.67 bits per heavy atom. The Labute approximate surface area is 187 Å². The lowest BCUT2D eigenvalue weighted by Crippen LogP contribution is -2.50. The summed E-state index contributed by atoms with van der Waals surface area (Å²) in [5.41, 5.74) is 0.909. The predicted octanol–water partition coefficient (Wildman–Crippen LogP) is 3.50. The van der Waals surface area contributed by atoms with Crippen molar-refractivity contribution in [1.29, 1.82) is 5.26 Å². The van der Waals surface area contributed by atoms with Gasteiger partial charge in [0.2, 0.25) is 0 Å². The molecular formula is C23H21F3N4O3. The van der Waals surface area contributed by atoms with Crippen LogP contribution in [0.25, 0.3) is 11.0 Å². The van der Waals surface area contributed by atoms with Gasteiger partial charge in [-0.3, -0.25) is 4.79 Å². The molecule has 10 heteroatoms. The summed E-state index contributed by atoms with van der Waals surface area (Å²) >= 11 is 0. The number of aryl methyl sites for hydroxylation is 1. The smallest absolute Gasteiger partial charge is 0.416 e. The molecule has 0 N–H and O–H groups in total. The van der Waals surface area contributed by atoms with Crippen molar-refractivity contribution in [2.75, 3.05) is 25.1 Å². The van der Waals surface area contributed by atoms with Crippen LogP contribution in [0.1, 0.15) is 17.7 Å². The Morgan fingerprint density at radius 1 is 1.18 bits per heavy atom. The number of rotatable bonds is 4. The number of nitrogens with zero attached hydrogens (tertiary/aromatic N) is 4. The molecular weight excluding hydrogens is 437 g/mol. The average Bonchev–Trinajstić information content (AvgIpc) is 2.81. The fourth-order valence-corrected chi connectivity index (χ4v) is 4.01. The lowest BCUT2D eigenvalue weighted by molar-refractivity contribution is -0.137. The third kappa shape index (κ3) is 4.50. The Kier molecular flexibility index (Phi) is 5.99. The van der Waals surface area contributed by atoms with Gasteiger partial charge in [-0.05, 0) is 30.3 Å². The molecule has 0 saturated carbocycles. The van der Waals surface area contributed by atoms with Crippen LogP contribution in [0.5, 0.6) is 5.75 Å². The van der Waals surface area contributed by atoms with Crippen LogP contribution in [-0.4, -0.2) is 42.0 Å². The molecule has 1 aromatic carbocycles. The zero-order chi connectivity index (χ0) is 23.8. The summed E-state index contributed by atoms with van der Waals surface area (Å²) in [6.07, 6.45) is -4.95. The molecule has 1 aliphatic heterocycles. The molecule has 3 aromatic rings. The topological polar surface area (TPSA) is 80.4 Å². The summed E-state index contributed by atoms with van der Waals surface area (Å²) in [4.78, 5) is 18.8. The van der Waals surface area contributed by atoms with Gasteiger partial charge < -0.3 is 18.9 Å². The zero-order valence-corrected chi connectivity index (χ0v) is 18.0. The molecule has 1 saturated heterocycles. The number of alkyl halides is 3. The van der Waals surface area contributed by atoms with Gasteiger partial charge in [0.25, 0.3) is 5.56 Å². The molecule has 0 aliphatic carbocycles. The van der Waals surface area contributed by atoms with Gasteiger partial charge in [0.05, 0.1) is 16.8 Å². The minimum absolute atomic E-state index is 0.115. The molecule has 0 radical (unpaired) electrons. The van der Waals surface area contributed by atoms with Gasteiger partial charge in [-0.1, -0.05) is 6.07 Å². The number of nitriles is 1. The van der Waals surface area contributed by atoms with E-state index in [4.69, 9.17) is 9.47 Å². The van der Waals surface area contributed by atoms with E-state index < -0.39 is 23.9 Å². The first kappa shape index (κ1) is 22.6. The molecule has 7 nitrogen and oxygen atoms in total. The largest absolute Gasteiger partial charge is 0.488 e. The van der Waals surface area contributed by atoms with Gasteiger partial charge >= 0.3 is 6.18 Å². The first-order chi connectivity index (χ1) is 15.7. The van der Waals surface area contributed by atoms with E-state index in [1.54, 1.807) is 19.2 Å². The van der Waals surface area contributed by atoms with Crippen LogP contribution in [0.15, 0.2) is 47.3 Å². The molecule has 0 amide bonds. The van der Waals surface area contributed by atoms with Crippen molar-refractivity contribution in [3.63, 3.8) is 0 Å². The molecule has 4 rings (SSSR count). The van der Waals surface area contributed by atoms with Crippen LogP contribution in [0.3, 0.4) is 0 Å². The average molecular weight is 458 g/mol. The van der Waals surface area contributed by atoms with E-state index in [-0.39, 0.29) is 17.0 Å². The quantitative estimate of drug-likeness (QED) is 0.596. The Balaban J connectivity index is 1.61. The number of fused-ring (bicyclic) bond motifs is 1. The molecule has 0 bridgehead atoms. The maximum absolute atomic E-state index is 13.0. The number of pyridine rings is 2. The number of piperidine rings is 1. The Morgan fingerprint density at radius 2 is 1.97 bits per heavy atom. The van der Waals surface area contributed by atoms with Gasteiger partial charge in [-0.2, -0.15) is 18.4 Å². The highest BCUT2D eigenvalue weighted by Crippen LogP contribution is 2.33. The fourth-order valence-electron chi connectivity index (χ4n) is 4.01. The maximum Gasteiger partial charge on any atom is 0.416 e. The van der Waals surface area contributed by atoms with Gasteiger partial charge in [0, 0.05) is 39.7 Å². The highest BCUT2D eigenvalue weighted by molar-refractivity contribution is 5.88. The van der Waals surface area contributed by atoms with Crippen molar-refractivity contribution >= 4 is 16.7 Å². The van der Waals surface area contributed by atoms with Gasteiger partial charge in [0.1, 0.15) is 35.2 Å². The third-order valence-electron chi connectivity index (χ3n) is 5.77. The van der Waals surface area contributed by atoms with Crippen LogP contribution in [-0.2, 0) is 18.0 Å². The van der Waals surface area contributed by atoms with E-state index in [9.17, 15) is 23.2 Å². The summed E-state index contributed by atoms with van der Waals surface area (Å²) in [5.74, 6) is 0.115. The van der Waals surface area contributed by atoms with Crippen molar-refractivity contribution in [1.82, 2.24) is 9.55 Å². The SMILES string of the molecule is COC1CN(c2cc(=O)n(C)c3ccc(C#N)nc23)CCC1Oc1cccc(C(F)(F)F)c1. The molecule has 2 atom stereocenters. The standard InChI is InChI=1S/C23H21F3N4O3/c1-29-17-7-6-15(12-27)28-22(17)18(11-21(29)31)30-9-8-19(20(13-30)32-2)33-16-5-3-4-14(10-16)23(24,25)26/h3-7,10-11,19-20H,8-9,13H2,1-2H3. The first-order valence-corrected chi connectivity index (χ1v) is 10.2. The highest BCUT2D eigenvalue weighted by atomic mass is 19.4. The number of benzene rings is 1. The normalized spacial score (nSPS) is 18.8. The number of hydrogen-bond acceptors (Lipinski definition) is 6. The van der Waals surface area contributed by atoms with Crippen LogP contribution in [0.2, 0.25) is 0 Å². The Hall–Kier alpha value is -3.58. The maximum atomic E-state index is 13.0. The second-order valence-electron chi connectivity index (χ2n) is 7.79. The van der Waals surface area contributed by atoms with Crippen molar-refractivity contribution in [2.45, 2.75) is 24.8 Å². The highest BCUT2D eigenvalue weighted by Gasteiger charge is 2.34. The summed E-state index contributed by atoms with van der Waals surface area (Å²) in [7, 11) is 3.14. The summed E-state index contributed by atoms with van der Waals surface area (Å²) in [5, 5.41) is 9.25. The van der Waals surface area contributed by atoms with Crippen molar-refractivity contribution in [3.8, 4) is 11.8 Å². The second kappa shape index (κ2) is 8.75. The molecule has 2 aromatic heterocycles. The van der Waals surface area contributed by atoms with Gasteiger partial charge in [-0.25, -0.2) is 4.98 Å². The van der Waals surface area contributed by atoms with Crippen molar-refractivity contribution in [2.24, 2.45) is 7.05 Å². The van der Waals surface area contributed by atoms with Gasteiger partial charge in [-0.15, -0.1) is 0 Å². The molecule has 0 spiro atoms. The zero-order valence-electron chi connectivity index (χ0n) is 18.0. The van der Waals surface area contributed by atoms with Crippen molar-refractivity contribution in [3.05, 3.63) is 64.1 Å². The van der Waals surface area contributed by atoms with E-state index in [0.717, 1.165) is 12.1 Å². The van der Waals surface area contributed by atoms with E-state index >= 15 is 0 Å². The number of methoxy groups -OCH3 is 1. The lowest BCUT2D eigenvalue weighted by atomic mass is 10.0. The fraction of sp³-hybridized carbons (Fsp3) is 0.348. The molecule has 2 unspecified atom stereocenters. The van der Waals surface area contributed by atoms with E-state index in [1.807, 2.05) is 11.0 Å². The van der Waals surface area contributed by atoms with Crippen LogP contribution in [0.4, 0.5) is 18.9 Å². The summed E-state index contributed by atoms with van der Waals surface area (Å²) in [6.45, 7) is 0.797. The Bertz CT molecular complexity index is 1280. The van der Waals surface area contributed by atoms with E-state index in [2.05, 4.69) is 4.98 Å². The molecule has 3 heterocycles. The second-order valence-corrected chi connectivity index (χ2v) is 7.79. The molecule has 1 aliphatic rings. The van der Waals surface area contributed by atoms with Crippen LogP contribution in [0, 0.1) is 11.3 Å². The van der Waals surface area contributed by atoms with Crippen LogP contribution < -0.4 is 15.2 Å². The minimum atomic E-state index is -4.46. The lowest BCUT2D eigenvalue weighted by Gasteiger charge is -2.39. The molecule has 1 fully saturated rings. The van der Waals surface area contributed by atoms with Crippen LogP contribution >= 0.6 is 0 Å². The third-order valence-corrected chi connectivity index (χ3v) is 5.77. The molecule has 33 heavy (non-hydrogen) atoms. The van der Waals surface area contributed by atoms with Crippen molar-refractivity contribution < 1.29 is 22.6 Å². The number of anilines is 1. The van der Waals surface area contributed by atoms with E-state index in [1.165, 1.54) is 29.9 Å². The van der Waals surface area contributed by atoms with Gasteiger partial charge in [0.15, 0.2) is 0 Å². The predicted molar refractivity (Wildman–Crippen MR) is 115 cm³/mol. The summed E-state index contributed by atoms with van der Waals surface area (Å²) in [6, 6.07) is 11.5.